The lowest BCUT2D eigenvalue weighted by atomic mass is 10.1. The average molecular weight is 325 g/mol. The first kappa shape index (κ1) is 16.8. The molecule has 1 aliphatic heterocycles. The number of pyridine rings is 1. The Labute approximate surface area is 143 Å². The molecule has 3 nitrogen and oxygen atoms in total. The van der Waals surface area contributed by atoms with Crippen molar-refractivity contribution in [2.45, 2.75) is 13.0 Å². The largest absolute Gasteiger partial charge is 0.316 e. The summed E-state index contributed by atoms with van der Waals surface area (Å²) in [6, 6.07) is 10.7. The van der Waals surface area contributed by atoms with Gasteiger partial charge in [-0.1, -0.05) is 30.4 Å². The molecule has 0 spiro atoms. The summed E-state index contributed by atoms with van der Waals surface area (Å²) in [6.07, 6.45) is 9.20. The van der Waals surface area contributed by atoms with Crippen molar-refractivity contribution in [3.05, 3.63) is 71.8 Å². The number of nitrogens with zero attached hydrogens (tertiary/aromatic N) is 2. The van der Waals surface area contributed by atoms with E-state index in [4.69, 9.17) is 0 Å². The maximum absolute atomic E-state index is 13.0. The lowest BCUT2D eigenvalue weighted by molar-refractivity contribution is 0.252. The first-order valence-electron chi connectivity index (χ1n) is 8.54. The van der Waals surface area contributed by atoms with E-state index in [1.54, 1.807) is 12.1 Å². The minimum absolute atomic E-state index is 0.195. The molecule has 3 rings (SSSR count). The van der Waals surface area contributed by atoms with Crippen LogP contribution in [0.3, 0.4) is 0 Å². The Morgan fingerprint density at radius 2 is 2.12 bits per heavy atom. The van der Waals surface area contributed by atoms with Crippen LogP contribution in [0.15, 0.2) is 54.9 Å². The zero-order chi connectivity index (χ0) is 16.6. The maximum Gasteiger partial charge on any atom is 0.123 e. The first-order valence-corrected chi connectivity index (χ1v) is 8.54. The van der Waals surface area contributed by atoms with Crippen molar-refractivity contribution in [3.8, 4) is 0 Å². The summed E-state index contributed by atoms with van der Waals surface area (Å²) in [6.45, 7) is 5.08. The summed E-state index contributed by atoms with van der Waals surface area (Å²) in [4.78, 5) is 6.67. The van der Waals surface area contributed by atoms with Crippen molar-refractivity contribution in [3.63, 3.8) is 0 Å². The third kappa shape index (κ3) is 5.25. The van der Waals surface area contributed by atoms with E-state index in [1.165, 1.54) is 24.1 Å². The monoisotopic (exact) mass is 325 g/mol. The number of nitrogens with one attached hydrogen (secondary N) is 1. The summed E-state index contributed by atoms with van der Waals surface area (Å²) in [5.74, 6) is 0.514. The Bertz CT molecular complexity index is 634. The fourth-order valence-electron chi connectivity index (χ4n) is 3.10. The lowest BCUT2D eigenvalue weighted by Gasteiger charge is -2.24. The highest BCUT2D eigenvalue weighted by Crippen LogP contribution is 2.13. The van der Waals surface area contributed by atoms with Crippen LogP contribution in [0.4, 0.5) is 4.39 Å². The van der Waals surface area contributed by atoms with Crippen LogP contribution in [0, 0.1) is 11.7 Å². The molecule has 1 aromatic heterocycles. The van der Waals surface area contributed by atoms with Crippen LogP contribution in [0.1, 0.15) is 17.5 Å². The Morgan fingerprint density at radius 1 is 1.25 bits per heavy atom. The van der Waals surface area contributed by atoms with E-state index in [9.17, 15) is 4.39 Å². The third-order valence-corrected chi connectivity index (χ3v) is 4.35. The second-order valence-corrected chi connectivity index (χ2v) is 6.37. The summed E-state index contributed by atoms with van der Waals surface area (Å²) < 4.78 is 13.0. The van der Waals surface area contributed by atoms with E-state index < -0.39 is 0 Å². The van der Waals surface area contributed by atoms with E-state index in [-0.39, 0.29) is 5.82 Å². The Hall–Kier alpha value is -2.04. The summed E-state index contributed by atoms with van der Waals surface area (Å²) >= 11 is 0. The molecule has 126 valence electrons. The predicted octanol–water partition coefficient (Wildman–Crippen LogP) is 3.35. The van der Waals surface area contributed by atoms with Crippen molar-refractivity contribution in [1.82, 2.24) is 15.2 Å². The van der Waals surface area contributed by atoms with Crippen molar-refractivity contribution < 1.29 is 4.39 Å². The first-order chi connectivity index (χ1) is 11.8. The number of halogens is 1. The highest BCUT2D eigenvalue weighted by Gasteiger charge is 2.17. The lowest BCUT2D eigenvalue weighted by Crippen LogP contribution is -2.30. The van der Waals surface area contributed by atoms with Crippen LogP contribution in [0.25, 0.3) is 6.08 Å². The highest BCUT2D eigenvalue weighted by atomic mass is 19.1. The number of rotatable bonds is 7. The number of benzene rings is 1. The van der Waals surface area contributed by atoms with Crippen molar-refractivity contribution in [2.75, 3.05) is 26.2 Å². The van der Waals surface area contributed by atoms with Crippen LogP contribution in [-0.4, -0.2) is 36.1 Å². The molecule has 2 heterocycles. The number of hydrogen-bond acceptors (Lipinski definition) is 3. The summed E-state index contributed by atoms with van der Waals surface area (Å²) in [5.41, 5.74) is 2.26. The molecule has 1 aromatic carbocycles. The number of aromatic nitrogens is 1. The quantitative estimate of drug-likeness (QED) is 0.846. The van der Waals surface area contributed by atoms with Gasteiger partial charge in [-0.05, 0) is 54.8 Å². The molecule has 4 heteroatoms. The van der Waals surface area contributed by atoms with Gasteiger partial charge in [-0.3, -0.25) is 9.88 Å². The molecule has 1 fully saturated rings. The molecule has 0 amide bonds. The van der Waals surface area contributed by atoms with Gasteiger partial charge in [0.15, 0.2) is 0 Å². The number of hydrogen-bond donors (Lipinski definition) is 1. The Morgan fingerprint density at radius 3 is 2.83 bits per heavy atom. The fourth-order valence-corrected chi connectivity index (χ4v) is 3.10. The van der Waals surface area contributed by atoms with Gasteiger partial charge in [0, 0.05) is 32.0 Å². The van der Waals surface area contributed by atoms with Gasteiger partial charge in [-0.2, -0.15) is 0 Å². The van der Waals surface area contributed by atoms with Crippen molar-refractivity contribution in [2.24, 2.45) is 5.92 Å². The SMILES string of the molecule is Fc1ccc(/C=C/CN(Cc2cccnc2)CC2CCNC2)cc1. The Balaban J connectivity index is 1.61. The summed E-state index contributed by atoms with van der Waals surface area (Å²) in [5, 5.41) is 3.44. The standard InChI is InChI=1S/C20H24FN3/c21-20-7-5-17(6-8-20)4-2-12-24(16-19-9-11-23-14-19)15-18-3-1-10-22-13-18/h1-8,10,13,19,23H,9,11-12,14-16H2/b4-2+. The van der Waals surface area contributed by atoms with Crippen LogP contribution in [-0.2, 0) is 6.54 Å². The van der Waals surface area contributed by atoms with E-state index in [0.717, 1.165) is 38.3 Å². The van der Waals surface area contributed by atoms with Gasteiger partial charge in [-0.15, -0.1) is 0 Å². The van der Waals surface area contributed by atoms with Gasteiger partial charge in [-0.25, -0.2) is 4.39 Å². The van der Waals surface area contributed by atoms with E-state index in [1.807, 2.05) is 18.5 Å². The summed E-state index contributed by atoms with van der Waals surface area (Å²) in [7, 11) is 0. The average Bonchev–Trinajstić information content (AvgIpc) is 3.10. The minimum atomic E-state index is -0.195. The molecular weight excluding hydrogens is 301 g/mol. The normalized spacial score (nSPS) is 17.8. The topological polar surface area (TPSA) is 28.2 Å². The van der Waals surface area contributed by atoms with E-state index in [0.29, 0.717) is 5.92 Å². The zero-order valence-corrected chi connectivity index (χ0v) is 13.9. The van der Waals surface area contributed by atoms with Crippen LogP contribution in [0.2, 0.25) is 0 Å². The molecule has 24 heavy (non-hydrogen) atoms. The van der Waals surface area contributed by atoms with Gasteiger partial charge >= 0.3 is 0 Å². The van der Waals surface area contributed by atoms with Gasteiger partial charge in [0.2, 0.25) is 0 Å². The molecule has 1 unspecified atom stereocenters. The van der Waals surface area contributed by atoms with Crippen LogP contribution >= 0.6 is 0 Å². The molecule has 0 saturated carbocycles. The highest BCUT2D eigenvalue weighted by molar-refractivity contribution is 5.48. The second kappa shape index (κ2) is 8.71. The molecular formula is C20H24FN3. The maximum atomic E-state index is 13.0. The van der Waals surface area contributed by atoms with Crippen LogP contribution in [0.5, 0.6) is 0 Å². The second-order valence-electron chi connectivity index (χ2n) is 6.37. The van der Waals surface area contributed by atoms with Gasteiger partial charge in [0.1, 0.15) is 5.82 Å². The molecule has 0 radical (unpaired) electrons. The molecule has 1 aliphatic rings. The molecule has 1 atom stereocenters. The van der Waals surface area contributed by atoms with Crippen molar-refractivity contribution in [1.29, 1.82) is 0 Å². The predicted molar refractivity (Wildman–Crippen MR) is 95.9 cm³/mol. The zero-order valence-electron chi connectivity index (χ0n) is 13.9. The van der Waals surface area contributed by atoms with Gasteiger partial charge in [0.05, 0.1) is 0 Å². The van der Waals surface area contributed by atoms with E-state index in [2.05, 4.69) is 33.4 Å². The third-order valence-electron chi connectivity index (χ3n) is 4.35. The van der Waals surface area contributed by atoms with E-state index >= 15 is 0 Å². The molecule has 0 bridgehead atoms. The fraction of sp³-hybridized carbons (Fsp3) is 0.350. The molecule has 1 saturated heterocycles. The molecule has 2 aromatic rings. The smallest absolute Gasteiger partial charge is 0.123 e. The molecule has 0 aliphatic carbocycles. The minimum Gasteiger partial charge on any atom is -0.316 e. The Kier molecular flexibility index (Phi) is 6.10. The van der Waals surface area contributed by atoms with Crippen LogP contribution < -0.4 is 5.32 Å². The van der Waals surface area contributed by atoms with Crippen molar-refractivity contribution >= 4 is 6.08 Å². The van der Waals surface area contributed by atoms with Gasteiger partial charge < -0.3 is 5.32 Å². The molecule has 1 N–H and O–H groups in total. The van der Waals surface area contributed by atoms with Gasteiger partial charge in [0.25, 0.3) is 0 Å².